The summed E-state index contributed by atoms with van der Waals surface area (Å²) in [7, 11) is -2.85. The van der Waals surface area contributed by atoms with E-state index in [4.69, 9.17) is 8.85 Å². The Morgan fingerprint density at radius 1 is 1.31 bits per heavy atom. The van der Waals surface area contributed by atoms with E-state index in [2.05, 4.69) is 20.3 Å². The number of nitrogens with one attached hydrogen (secondary N) is 1. The van der Waals surface area contributed by atoms with Crippen LogP contribution in [0.25, 0.3) is 0 Å². The predicted molar refractivity (Wildman–Crippen MR) is 98.2 cm³/mol. The second-order valence-electron chi connectivity index (χ2n) is 6.53. The summed E-state index contributed by atoms with van der Waals surface area (Å²) in [6.07, 6.45) is 0.602. The molecule has 2 atom stereocenters. The fraction of sp³-hybridized carbons (Fsp3) is 0.250. The van der Waals surface area contributed by atoms with Crippen molar-refractivity contribution in [2.75, 3.05) is 7.04 Å². The molecule has 0 unspecified atom stereocenters. The molecule has 1 aliphatic heterocycles. The van der Waals surface area contributed by atoms with Crippen LogP contribution in [0.15, 0.2) is 48.8 Å². The molecule has 1 aromatic heterocycles. The van der Waals surface area contributed by atoms with Crippen molar-refractivity contribution in [2.45, 2.75) is 25.1 Å². The number of rotatable bonds is 5. The molecule has 0 radical (unpaired) electrons. The first kappa shape index (κ1) is 15.4. The largest absolute Gasteiger partial charge is 0.497 e. The van der Waals surface area contributed by atoms with Crippen LogP contribution >= 0.6 is 0 Å². The van der Waals surface area contributed by atoms with Crippen molar-refractivity contribution >= 4 is 6.09 Å². The molecular weight excluding hydrogens is 382 g/mol. The summed E-state index contributed by atoms with van der Waals surface area (Å²) in [5, 5.41) is 10.3. The summed E-state index contributed by atoms with van der Waals surface area (Å²) in [6.45, 7) is 0.111. The Morgan fingerprint density at radius 2 is 2.07 bits per heavy atom. The van der Waals surface area contributed by atoms with E-state index in [1.54, 1.807) is 28.8 Å². The average molecular weight is 403 g/mol. The third-order valence-electron chi connectivity index (χ3n) is 4.75. The van der Waals surface area contributed by atoms with Crippen molar-refractivity contribution in [2.24, 2.45) is 0 Å². The lowest BCUT2D eigenvalue weighted by molar-refractivity contribution is 0.134. The zero-order chi connectivity index (χ0) is 22.9. The maximum absolute atomic E-state index is 14.9. The Morgan fingerprint density at radius 3 is 2.79 bits per heavy atom. The highest BCUT2D eigenvalue weighted by Crippen LogP contribution is 2.40. The molecule has 0 saturated carbocycles. The van der Waals surface area contributed by atoms with Gasteiger partial charge in [0, 0.05) is 30.2 Å². The fourth-order valence-electron chi connectivity index (χ4n) is 3.43. The Balaban J connectivity index is 1.55. The molecule has 0 aliphatic carbocycles. The van der Waals surface area contributed by atoms with Crippen LogP contribution < -0.4 is 10.1 Å². The molecule has 0 saturated heterocycles. The van der Waals surface area contributed by atoms with Crippen LogP contribution in [0.4, 0.5) is 13.6 Å². The number of benzene rings is 2. The molecule has 2 heterocycles. The molecule has 2 aromatic carbocycles. The molecule has 4 rings (SSSR count). The summed E-state index contributed by atoms with van der Waals surface area (Å²) in [6, 6.07) is 9.69. The van der Waals surface area contributed by atoms with Crippen molar-refractivity contribution in [1.29, 1.82) is 0 Å². The zero-order valence-electron chi connectivity index (χ0n) is 18.0. The minimum atomic E-state index is -2.85. The van der Waals surface area contributed by atoms with Gasteiger partial charge in [-0.2, -0.15) is 0 Å². The molecular formula is C20H18F2N4O3. The van der Waals surface area contributed by atoms with E-state index < -0.39 is 42.5 Å². The maximum Gasteiger partial charge on any atom is 0.408 e. The normalized spacial score (nSPS) is 19.6. The molecule has 0 spiro atoms. The van der Waals surface area contributed by atoms with Crippen molar-refractivity contribution in [3.63, 3.8) is 0 Å². The first-order chi connectivity index (χ1) is 15.2. The van der Waals surface area contributed by atoms with Crippen LogP contribution in [0.2, 0.25) is 0 Å². The summed E-state index contributed by atoms with van der Waals surface area (Å²) >= 11 is 0. The quantitative estimate of drug-likeness (QED) is 0.707. The van der Waals surface area contributed by atoms with Gasteiger partial charge in [-0.3, -0.25) is 0 Å². The van der Waals surface area contributed by atoms with Gasteiger partial charge in [0.05, 0.1) is 11.2 Å². The standard InChI is InChI=1S/C20H18F2N4O3/c1-28-13-7-15(21)17(16(22)8-13)14-9-26-11-23-25-19(26)18(14)24-20(27)29-10-12-5-3-2-4-6-12/h2-8,11,14,18H,9-10H2,1H3,(H,24,27)/t14-,18-/m0/s1/i1D3. The first-order valence-electron chi connectivity index (χ1n) is 10.2. The van der Waals surface area contributed by atoms with Gasteiger partial charge in [0.25, 0.3) is 0 Å². The predicted octanol–water partition coefficient (Wildman–Crippen LogP) is 3.33. The number of fused-ring (bicyclic) bond motifs is 1. The highest BCUT2D eigenvalue weighted by molar-refractivity contribution is 5.68. The molecule has 3 aromatic rings. The number of alkyl carbamates (subject to hydrolysis) is 1. The summed E-state index contributed by atoms with van der Waals surface area (Å²) in [5.74, 6) is -3.03. The number of hydrogen-bond donors (Lipinski definition) is 1. The number of carbonyl (C=O) groups excluding carboxylic acids is 1. The van der Waals surface area contributed by atoms with Crippen molar-refractivity contribution in [3.8, 4) is 5.75 Å². The van der Waals surface area contributed by atoms with Crippen LogP contribution in [0.3, 0.4) is 0 Å². The second-order valence-corrected chi connectivity index (χ2v) is 6.53. The number of methoxy groups -OCH3 is 1. The SMILES string of the molecule is [2H]C([2H])([2H])Oc1cc(F)c([C@@H]2Cn3cnnc3[C@H]2NC(=O)OCc2ccccc2)c(F)c1. The third kappa shape index (κ3) is 3.75. The number of nitrogens with zero attached hydrogens (tertiary/aromatic N) is 3. The summed E-state index contributed by atoms with van der Waals surface area (Å²) < 4.78 is 62.4. The maximum atomic E-state index is 14.9. The van der Waals surface area contributed by atoms with Gasteiger partial charge in [-0.25, -0.2) is 13.6 Å². The van der Waals surface area contributed by atoms with Crippen molar-refractivity contribution in [3.05, 3.63) is 77.4 Å². The first-order valence-corrected chi connectivity index (χ1v) is 8.74. The lowest BCUT2D eigenvalue weighted by Gasteiger charge is -2.21. The van der Waals surface area contributed by atoms with Gasteiger partial charge in [0.1, 0.15) is 36.4 Å². The molecule has 0 fully saturated rings. The minimum absolute atomic E-state index is 0.0145. The van der Waals surface area contributed by atoms with E-state index in [-0.39, 0.29) is 18.7 Å². The lowest BCUT2D eigenvalue weighted by atomic mass is 9.92. The molecule has 0 bridgehead atoms. The number of ether oxygens (including phenoxy) is 2. The molecule has 1 amide bonds. The Bertz CT molecular complexity index is 1100. The average Bonchev–Trinajstić information content (AvgIpc) is 3.28. The molecule has 7 nitrogen and oxygen atoms in total. The number of halogens is 2. The van der Waals surface area contributed by atoms with Gasteiger partial charge in [0.2, 0.25) is 0 Å². The van der Waals surface area contributed by atoms with Crippen molar-refractivity contribution < 1.29 is 27.2 Å². The Kier molecular flexibility index (Phi) is 4.18. The topological polar surface area (TPSA) is 78.3 Å². The van der Waals surface area contributed by atoms with Crippen molar-refractivity contribution in [1.82, 2.24) is 20.1 Å². The molecule has 1 aliphatic rings. The van der Waals surface area contributed by atoms with Gasteiger partial charge in [0.15, 0.2) is 5.82 Å². The van der Waals surface area contributed by atoms with E-state index in [1.807, 2.05) is 6.07 Å². The highest BCUT2D eigenvalue weighted by Gasteiger charge is 2.40. The lowest BCUT2D eigenvalue weighted by Crippen LogP contribution is -2.32. The second kappa shape index (κ2) is 7.86. The van der Waals surface area contributed by atoms with E-state index in [9.17, 15) is 13.6 Å². The van der Waals surface area contributed by atoms with Crippen LogP contribution in [0.1, 0.15) is 33.0 Å². The number of carbonyl (C=O) groups is 1. The van der Waals surface area contributed by atoms with E-state index in [1.165, 1.54) is 6.33 Å². The number of hydrogen-bond acceptors (Lipinski definition) is 5. The zero-order valence-corrected chi connectivity index (χ0v) is 15.0. The van der Waals surface area contributed by atoms with Crippen LogP contribution in [0.5, 0.6) is 5.75 Å². The van der Waals surface area contributed by atoms with Gasteiger partial charge in [-0.15, -0.1) is 10.2 Å². The fourth-order valence-corrected chi connectivity index (χ4v) is 3.43. The number of aromatic nitrogens is 3. The minimum Gasteiger partial charge on any atom is -0.497 e. The van der Waals surface area contributed by atoms with Gasteiger partial charge >= 0.3 is 6.09 Å². The molecule has 1 N–H and O–H groups in total. The molecule has 29 heavy (non-hydrogen) atoms. The highest BCUT2D eigenvalue weighted by atomic mass is 19.1. The van der Waals surface area contributed by atoms with Gasteiger partial charge < -0.3 is 19.4 Å². The summed E-state index contributed by atoms with van der Waals surface area (Å²) in [5.41, 5.74) is 0.442. The van der Waals surface area contributed by atoms with E-state index >= 15 is 0 Å². The monoisotopic (exact) mass is 403 g/mol. The third-order valence-corrected chi connectivity index (χ3v) is 4.75. The van der Waals surface area contributed by atoms with Crippen LogP contribution in [0, 0.1) is 11.6 Å². The Labute approximate surface area is 169 Å². The summed E-state index contributed by atoms with van der Waals surface area (Å²) in [4.78, 5) is 12.4. The van der Waals surface area contributed by atoms with E-state index in [0.717, 1.165) is 17.7 Å². The van der Waals surface area contributed by atoms with Crippen LogP contribution in [-0.4, -0.2) is 27.9 Å². The molecule has 9 heteroatoms. The van der Waals surface area contributed by atoms with Gasteiger partial charge in [-0.1, -0.05) is 30.3 Å². The van der Waals surface area contributed by atoms with E-state index in [0.29, 0.717) is 5.82 Å². The Hall–Kier alpha value is -3.49. The molecule has 150 valence electrons. The van der Waals surface area contributed by atoms with Gasteiger partial charge in [-0.05, 0) is 5.56 Å². The smallest absolute Gasteiger partial charge is 0.408 e. The van der Waals surface area contributed by atoms with Crippen LogP contribution in [-0.2, 0) is 17.9 Å². The number of amides is 1.